The van der Waals surface area contributed by atoms with Crippen LogP contribution < -0.4 is 5.32 Å². The highest BCUT2D eigenvalue weighted by Gasteiger charge is 2.21. The van der Waals surface area contributed by atoms with E-state index in [0.717, 1.165) is 43.9 Å². The molecule has 0 bridgehead atoms. The summed E-state index contributed by atoms with van der Waals surface area (Å²) in [4.78, 5) is 18.3. The third-order valence-electron chi connectivity index (χ3n) is 4.55. The van der Waals surface area contributed by atoms with Gasteiger partial charge in [0.15, 0.2) is 0 Å². The SMILES string of the molecule is Cc1cc(C)n(CC2CCN(CC(=O)Nc3cccnc3)CC2)n1. The molecule has 3 heterocycles. The maximum atomic E-state index is 12.1. The number of likely N-dealkylation sites (tertiary alicyclic amines) is 1. The van der Waals surface area contributed by atoms with Gasteiger partial charge in [-0.05, 0) is 63.9 Å². The third kappa shape index (κ3) is 4.41. The fraction of sp³-hybridized carbons (Fsp3) is 0.500. The number of carbonyl (C=O) groups excluding carboxylic acids is 1. The summed E-state index contributed by atoms with van der Waals surface area (Å²) >= 11 is 0. The van der Waals surface area contributed by atoms with E-state index in [4.69, 9.17) is 0 Å². The molecule has 1 aliphatic heterocycles. The number of rotatable bonds is 5. The lowest BCUT2D eigenvalue weighted by Crippen LogP contribution is -2.40. The monoisotopic (exact) mass is 327 g/mol. The molecule has 0 saturated carbocycles. The number of aryl methyl sites for hydroxylation is 2. The van der Waals surface area contributed by atoms with Gasteiger partial charge in [-0.3, -0.25) is 19.4 Å². The number of nitrogens with one attached hydrogen (secondary N) is 1. The van der Waals surface area contributed by atoms with Gasteiger partial charge < -0.3 is 5.32 Å². The average molecular weight is 327 g/mol. The molecule has 0 aromatic carbocycles. The number of hydrogen-bond acceptors (Lipinski definition) is 4. The van der Waals surface area contributed by atoms with Gasteiger partial charge in [0.1, 0.15) is 0 Å². The van der Waals surface area contributed by atoms with Crippen molar-refractivity contribution in [3.05, 3.63) is 42.0 Å². The molecule has 2 aromatic heterocycles. The molecule has 1 fully saturated rings. The minimum Gasteiger partial charge on any atom is -0.324 e. The molecule has 0 radical (unpaired) electrons. The van der Waals surface area contributed by atoms with Crippen molar-refractivity contribution in [2.45, 2.75) is 33.2 Å². The topological polar surface area (TPSA) is 63.1 Å². The second kappa shape index (κ2) is 7.57. The van der Waals surface area contributed by atoms with Crippen LogP contribution in [0.2, 0.25) is 0 Å². The zero-order valence-electron chi connectivity index (χ0n) is 14.4. The van der Waals surface area contributed by atoms with E-state index in [0.29, 0.717) is 12.5 Å². The Hall–Kier alpha value is -2.21. The smallest absolute Gasteiger partial charge is 0.238 e. The molecule has 1 aliphatic rings. The van der Waals surface area contributed by atoms with Crippen molar-refractivity contribution in [1.82, 2.24) is 19.7 Å². The first kappa shape index (κ1) is 16.6. The van der Waals surface area contributed by atoms with Crippen molar-refractivity contribution in [1.29, 1.82) is 0 Å². The number of carbonyl (C=O) groups is 1. The first-order valence-electron chi connectivity index (χ1n) is 8.53. The van der Waals surface area contributed by atoms with Crippen molar-refractivity contribution < 1.29 is 4.79 Å². The largest absolute Gasteiger partial charge is 0.324 e. The molecule has 6 heteroatoms. The number of piperidine rings is 1. The molecule has 1 saturated heterocycles. The highest BCUT2D eigenvalue weighted by atomic mass is 16.2. The second-order valence-corrected chi connectivity index (χ2v) is 6.62. The third-order valence-corrected chi connectivity index (χ3v) is 4.55. The van der Waals surface area contributed by atoms with Crippen molar-refractivity contribution in [3.63, 3.8) is 0 Å². The zero-order chi connectivity index (χ0) is 16.9. The average Bonchev–Trinajstić information content (AvgIpc) is 2.87. The standard InChI is InChI=1S/C18H25N5O/c1-14-10-15(2)23(21-14)12-16-5-8-22(9-6-16)13-18(24)20-17-4-3-7-19-11-17/h3-4,7,10-11,16H,5-6,8-9,12-13H2,1-2H3,(H,20,24). The molecule has 0 atom stereocenters. The molecule has 1 amide bonds. The first-order chi connectivity index (χ1) is 11.6. The lowest BCUT2D eigenvalue weighted by molar-refractivity contribution is -0.117. The summed E-state index contributed by atoms with van der Waals surface area (Å²) in [7, 11) is 0. The van der Waals surface area contributed by atoms with Gasteiger partial charge in [-0.25, -0.2) is 0 Å². The predicted octanol–water partition coefficient (Wildman–Crippen LogP) is 2.25. The maximum absolute atomic E-state index is 12.1. The number of aromatic nitrogens is 3. The number of pyridine rings is 1. The van der Waals surface area contributed by atoms with Gasteiger partial charge in [-0.1, -0.05) is 0 Å². The molecule has 2 aromatic rings. The normalized spacial score (nSPS) is 16.2. The van der Waals surface area contributed by atoms with E-state index in [2.05, 4.69) is 38.0 Å². The Labute approximate surface area is 142 Å². The number of anilines is 1. The van der Waals surface area contributed by atoms with Crippen molar-refractivity contribution >= 4 is 11.6 Å². The van der Waals surface area contributed by atoms with Crippen LogP contribution in [0, 0.1) is 19.8 Å². The van der Waals surface area contributed by atoms with Crippen molar-refractivity contribution in [2.24, 2.45) is 5.92 Å². The molecule has 0 spiro atoms. The van der Waals surface area contributed by atoms with E-state index in [9.17, 15) is 4.79 Å². The second-order valence-electron chi connectivity index (χ2n) is 6.62. The van der Waals surface area contributed by atoms with Gasteiger partial charge in [0.05, 0.1) is 24.1 Å². The van der Waals surface area contributed by atoms with E-state index in [1.807, 2.05) is 19.1 Å². The maximum Gasteiger partial charge on any atom is 0.238 e. The molecule has 24 heavy (non-hydrogen) atoms. The van der Waals surface area contributed by atoms with Gasteiger partial charge in [0.2, 0.25) is 5.91 Å². The minimum absolute atomic E-state index is 0.0278. The van der Waals surface area contributed by atoms with Gasteiger partial charge in [-0.2, -0.15) is 5.10 Å². The fourth-order valence-electron chi connectivity index (χ4n) is 3.27. The van der Waals surface area contributed by atoms with E-state index in [-0.39, 0.29) is 5.91 Å². The van der Waals surface area contributed by atoms with Crippen LogP contribution in [0.1, 0.15) is 24.2 Å². The van der Waals surface area contributed by atoms with Gasteiger partial charge in [0, 0.05) is 18.4 Å². The summed E-state index contributed by atoms with van der Waals surface area (Å²) in [5.74, 6) is 0.667. The van der Waals surface area contributed by atoms with Crippen LogP contribution in [0.4, 0.5) is 5.69 Å². The van der Waals surface area contributed by atoms with E-state index in [1.54, 1.807) is 12.4 Å². The van der Waals surface area contributed by atoms with Crippen molar-refractivity contribution in [3.8, 4) is 0 Å². The van der Waals surface area contributed by atoms with E-state index in [1.165, 1.54) is 5.69 Å². The molecule has 6 nitrogen and oxygen atoms in total. The highest BCUT2D eigenvalue weighted by molar-refractivity contribution is 5.92. The fourth-order valence-corrected chi connectivity index (χ4v) is 3.27. The Morgan fingerprint density at radius 3 is 2.75 bits per heavy atom. The highest BCUT2D eigenvalue weighted by Crippen LogP contribution is 2.20. The first-order valence-corrected chi connectivity index (χ1v) is 8.53. The summed E-state index contributed by atoms with van der Waals surface area (Å²) in [5, 5.41) is 7.44. The molecule has 0 aliphatic carbocycles. The van der Waals surface area contributed by atoms with E-state index < -0.39 is 0 Å². The Morgan fingerprint density at radius 1 is 1.33 bits per heavy atom. The van der Waals surface area contributed by atoms with Gasteiger partial charge in [-0.15, -0.1) is 0 Å². The van der Waals surface area contributed by atoms with Crippen LogP contribution in [0.15, 0.2) is 30.6 Å². The molecular formula is C18H25N5O. The summed E-state index contributed by atoms with van der Waals surface area (Å²) in [6.45, 7) is 7.50. The Morgan fingerprint density at radius 2 is 2.12 bits per heavy atom. The predicted molar refractivity (Wildman–Crippen MR) is 93.7 cm³/mol. The molecule has 0 unspecified atom stereocenters. The van der Waals surface area contributed by atoms with Crippen LogP contribution in [-0.4, -0.2) is 45.2 Å². The van der Waals surface area contributed by atoms with Crippen LogP contribution in [0.5, 0.6) is 0 Å². The van der Waals surface area contributed by atoms with Gasteiger partial charge in [0.25, 0.3) is 0 Å². The Balaban J connectivity index is 1.43. The summed E-state index contributed by atoms with van der Waals surface area (Å²) < 4.78 is 2.12. The quantitative estimate of drug-likeness (QED) is 0.915. The lowest BCUT2D eigenvalue weighted by Gasteiger charge is -2.31. The van der Waals surface area contributed by atoms with Crippen LogP contribution in [-0.2, 0) is 11.3 Å². The Bertz CT molecular complexity index is 674. The molecule has 3 rings (SSSR count). The number of nitrogens with zero attached hydrogens (tertiary/aromatic N) is 4. The molecule has 128 valence electrons. The van der Waals surface area contributed by atoms with Crippen molar-refractivity contribution in [2.75, 3.05) is 25.0 Å². The van der Waals surface area contributed by atoms with Crippen LogP contribution in [0.25, 0.3) is 0 Å². The Kier molecular flexibility index (Phi) is 5.25. The van der Waals surface area contributed by atoms with Crippen LogP contribution >= 0.6 is 0 Å². The number of amides is 1. The molecular weight excluding hydrogens is 302 g/mol. The van der Waals surface area contributed by atoms with Crippen LogP contribution in [0.3, 0.4) is 0 Å². The van der Waals surface area contributed by atoms with E-state index >= 15 is 0 Å². The van der Waals surface area contributed by atoms with Gasteiger partial charge >= 0.3 is 0 Å². The zero-order valence-corrected chi connectivity index (χ0v) is 14.4. The molecule has 1 N–H and O–H groups in total. The lowest BCUT2D eigenvalue weighted by atomic mass is 9.97. The summed E-state index contributed by atoms with van der Waals surface area (Å²) in [6, 6.07) is 5.80. The number of hydrogen-bond donors (Lipinski definition) is 1. The summed E-state index contributed by atoms with van der Waals surface area (Å²) in [5.41, 5.74) is 3.06. The minimum atomic E-state index is 0.0278. The summed E-state index contributed by atoms with van der Waals surface area (Å²) in [6.07, 6.45) is 5.58.